The lowest BCUT2D eigenvalue weighted by Crippen LogP contribution is -2.32. The van der Waals surface area contributed by atoms with Gasteiger partial charge >= 0.3 is 6.36 Å². The SMILES string of the molecule is Cc1ccc(N2C(=O)CSC2=NC(=S)NCCc2ccc(-c3ncn(-c4ccc(OC(F)(F)F)cc4)n3)cc2)c(C(C)C)c1. The lowest BCUT2D eigenvalue weighted by Gasteiger charge is -2.22. The Morgan fingerprint density at radius 3 is 2.52 bits per heavy atom. The monoisotopic (exact) mass is 638 g/mol. The molecule has 1 fully saturated rings. The maximum atomic E-state index is 12.8. The van der Waals surface area contributed by atoms with Crippen molar-refractivity contribution in [2.24, 2.45) is 4.99 Å². The number of halogens is 3. The van der Waals surface area contributed by atoms with Crippen LogP contribution in [-0.4, -0.2) is 49.6 Å². The van der Waals surface area contributed by atoms with Gasteiger partial charge in [-0.2, -0.15) is 4.99 Å². The average molecular weight is 639 g/mol. The molecule has 13 heteroatoms. The van der Waals surface area contributed by atoms with E-state index in [0.717, 1.165) is 27.9 Å². The van der Waals surface area contributed by atoms with E-state index < -0.39 is 6.36 Å². The van der Waals surface area contributed by atoms with Gasteiger partial charge in [-0.1, -0.05) is 67.6 Å². The molecule has 1 saturated heterocycles. The minimum Gasteiger partial charge on any atom is -0.406 e. The first-order valence-corrected chi connectivity index (χ1v) is 15.2. The molecule has 5 rings (SSSR count). The van der Waals surface area contributed by atoms with Crippen molar-refractivity contribution in [3.63, 3.8) is 0 Å². The van der Waals surface area contributed by atoms with Crippen LogP contribution in [0.15, 0.2) is 78.0 Å². The van der Waals surface area contributed by atoms with E-state index in [-0.39, 0.29) is 17.6 Å². The van der Waals surface area contributed by atoms with Crippen LogP contribution in [0.1, 0.15) is 36.5 Å². The van der Waals surface area contributed by atoms with Gasteiger partial charge in [0.2, 0.25) is 5.91 Å². The topological polar surface area (TPSA) is 84.6 Å². The molecule has 0 spiro atoms. The highest BCUT2D eigenvalue weighted by atomic mass is 32.2. The minimum absolute atomic E-state index is 0.0184. The Morgan fingerprint density at radius 1 is 1.11 bits per heavy atom. The number of aliphatic imine (C=N–C) groups is 1. The summed E-state index contributed by atoms with van der Waals surface area (Å²) in [5.74, 6) is 0.710. The standard InChI is InChI=1S/C31H29F3N6O2S2/c1-19(2)25-16-20(3)4-13-26(25)40-27(41)17-44-30(40)37-29(43)35-15-14-21-5-7-22(8-6-21)28-36-18-39(38-28)23-9-11-24(12-10-23)42-31(32,33)34/h4-13,16,18-19H,14-15,17H2,1-3H3,(H,35,43). The number of anilines is 1. The Balaban J connectivity index is 1.17. The molecule has 1 aliphatic rings. The first-order chi connectivity index (χ1) is 21.0. The molecule has 1 aromatic heterocycles. The predicted octanol–water partition coefficient (Wildman–Crippen LogP) is 6.82. The van der Waals surface area contributed by atoms with Crippen molar-refractivity contribution in [3.8, 4) is 22.8 Å². The summed E-state index contributed by atoms with van der Waals surface area (Å²) in [5.41, 5.74) is 5.46. The second-order valence-electron chi connectivity index (χ2n) is 10.4. The average Bonchev–Trinajstić information content (AvgIpc) is 3.60. The van der Waals surface area contributed by atoms with Gasteiger partial charge in [-0.25, -0.2) is 9.67 Å². The summed E-state index contributed by atoms with van der Waals surface area (Å²) in [7, 11) is 0. The molecule has 1 N–H and O–H groups in total. The highest BCUT2D eigenvalue weighted by Crippen LogP contribution is 2.34. The van der Waals surface area contributed by atoms with Crippen LogP contribution in [0.2, 0.25) is 0 Å². The Bertz CT molecular complexity index is 1690. The van der Waals surface area contributed by atoms with Crippen LogP contribution in [-0.2, 0) is 11.2 Å². The highest BCUT2D eigenvalue weighted by molar-refractivity contribution is 8.15. The predicted molar refractivity (Wildman–Crippen MR) is 170 cm³/mol. The van der Waals surface area contributed by atoms with E-state index in [1.807, 2.05) is 43.3 Å². The van der Waals surface area contributed by atoms with E-state index in [1.54, 1.807) is 4.90 Å². The third kappa shape index (κ3) is 7.64. The number of aryl methyl sites for hydroxylation is 1. The Kier molecular flexibility index (Phi) is 9.35. The molecule has 44 heavy (non-hydrogen) atoms. The first kappa shape index (κ1) is 31.2. The van der Waals surface area contributed by atoms with Crippen LogP contribution in [0.25, 0.3) is 17.1 Å². The zero-order valence-corrected chi connectivity index (χ0v) is 25.8. The van der Waals surface area contributed by atoms with Gasteiger partial charge in [0.1, 0.15) is 12.1 Å². The Morgan fingerprint density at radius 2 is 1.84 bits per heavy atom. The molecule has 4 aromatic rings. The molecule has 2 heterocycles. The molecule has 8 nitrogen and oxygen atoms in total. The van der Waals surface area contributed by atoms with E-state index in [0.29, 0.717) is 40.5 Å². The summed E-state index contributed by atoms with van der Waals surface area (Å²) >= 11 is 6.86. The summed E-state index contributed by atoms with van der Waals surface area (Å²) in [4.78, 5) is 23.4. The maximum Gasteiger partial charge on any atom is 0.573 e. The van der Waals surface area contributed by atoms with Crippen LogP contribution >= 0.6 is 24.0 Å². The number of nitrogens with zero attached hydrogens (tertiary/aromatic N) is 5. The molecule has 0 unspecified atom stereocenters. The van der Waals surface area contributed by atoms with Gasteiger partial charge in [0.15, 0.2) is 16.1 Å². The van der Waals surface area contributed by atoms with Gasteiger partial charge in [-0.05, 0) is 72.9 Å². The first-order valence-electron chi connectivity index (χ1n) is 13.8. The molecule has 1 aliphatic heterocycles. The van der Waals surface area contributed by atoms with Crippen molar-refractivity contribution in [1.82, 2.24) is 20.1 Å². The largest absolute Gasteiger partial charge is 0.573 e. The normalized spacial score (nSPS) is 14.5. The lowest BCUT2D eigenvalue weighted by atomic mass is 9.98. The number of nitrogens with one attached hydrogen (secondary N) is 1. The lowest BCUT2D eigenvalue weighted by molar-refractivity contribution is -0.274. The van der Waals surface area contributed by atoms with Crippen molar-refractivity contribution in [2.75, 3.05) is 17.2 Å². The summed E-state index contributed by atoms with van der Waals surface area (Å²) in [6.45, 7) is 6.80. The fourth-order valence-corrected chi connectivity index (χ4v) is 5.72. The van der Waals surface area contributed by atoms with Crippen LogP contribution < -0.4 is 15.0 Å². The van der Waals surface area contributed by atoms with Crippen LogP contribution in [0.4, 0.5) is 18.9 Å². The second-order valence-corrected chi connectivity index (χ2v) is 11.7. The smallest absolute Gasteiger partial charge is 0.406 e. The zero-order valence-electron chi connectivity index (χ0n) is 24.1. The Hall–Kier alpha value is -4.23. The van der Waals surface area contributed by atoms with E-state index in [1.165, 1.54) is 47.0 Å². The molecule has 0 radical (unpaired) electrons. The number of ether oxygens (including phenoxy) is 1. The number of alkyl halides is 3. The fraction of sp³-hybridized carbons (Fsp3) is 0.258. The van der Waals surface area contributed by atoms with Crippen LogP contribution in [0, 0.1) is 6.92 Å². The van der Waals surface area contributed by atoms with Gasteiger partial charge in [0.25, 0.3) is 0 Å². The summed E-state index contributed by atoms with van der Waals surface area (Å²) in [6.07, 6.45) is -2.57. The third-order valence-corrected chi connectivity index (χ3v) is 7.90. The van der Waals surface area contributed by atoms with Crippen LogP contribution in [0.5, 0.6) is 5.75 Å². The molecule has 0 bridgehead atoms. The van der Waals surface area contributed by atoms with E-state index in [2.05, 4.69) is 45.0 Å². The number of carbonyl (C=O) groups is 1. The number of amidine groups is 1. The highest BCUT2D eigenvalue weighted by Gasteiger charge is 2.32. The number of hydrogen-bond acceptors (Lipinski definition) is 6. The minimum atomic E-state index is -4.75. The molecule has 0 atom stereocenters. The van der Waals surface area contributed by atoms with Crippen molar-refractivity contribution < 1.29 is 22.7 Å². The number of aromatic nitrogens is 3. The van der Waals surface area contributed by atoms with Gasteiger partial charge in [-0.15, -0.1) is 18.3 Å². The molecular weight excluding hydrogens is 610 g/mol. The molecule has 0 aliphatic carbocycles. The fourth-order valence-electron chi connectivity index (χ4n) is 4.60. The number of amides is 1. The summed E-state index contributed by atoms with van der Waals surface area (Å²) < 4.78 is 42.6. The van der Waals surface area contributed by atoms with Crippen molar-refractivity contribution in [2.45, 2.75) is 39.5 Å². The number of thiocarbonyl (C=S) groups is 1. The van der Waals surface area contributed by atoms with E-state index in [4.69, 9.17) is 12.2 Å². The van der Waals surface area contributed by atoms with Gasteiger partial charge < -0.3 is 10.1 Å². The van der Waals surface area contributed by atoms with Gasteiger partial charge in [0, 0.05) is 12.1 Å². The second kappa shape index (κ2) is 13.2. The number of thioether (sulfide) groups is 1. The van der Waals surface area contributed by atoms with Gasteiger partial charge in [-0.3, -0.25) is 9.69 Å². The number of hydrogen-bond donors (Lipinski definition) is 1. The maximum absolute atomic E-state index is 12.8. The third-order valence-electron chi connectivity index (χ3n) is 6.74. The van der Waals surface area contributed by atoms with Crippen LogP contribution in [0.3, 0.4) is 0 Å². The summed E-state index contributed by atoms with van der Waals surface area (Å²) in [5, 5.41) is 8.49. The van der Waals surface area contributed by atoms with Crippen molar-refractivity contribution in [1.29, 1.82) is 0 Å². The zero-order chi connectivity index (χ0) is 31.4. The Labute approximate surface area is 262 Å². The quantitative estimate of drug-likeness (QED) is 0.212. The van der Waals surface area contributed by atoms with E-state index >= 15 is 0 Å². The number of carbonyl (C=O) groups excluding carboxylic acids is 1. The van der Waals surface area contributed by atoms with Crippen molar-refractivity contribution >= 4 is 45.9 Å². The summed E-state index contributed by atoms with van der Waals surface area (Å²) in [6, 6.07) is 19.2. The molecule has 3 aromatic carbocycles. The van der Waals surface area contributed by atoms with E-state index in [9.17, 15) is 18.0 Å². The molecule has 228 valence electrons. The molecular formula is C31H29F3N6O2S2. The molecule has 0 saturated carbocycles. The molecule has 1 amide bonds. The number of rotatable bonds is 8. The van der Waals surface area contributed by atoms with Crippen molar-refractivity contribution in [3.05, 3.63) is 89.7 Å². The van der Waals surface area contributed by atoms with Gasteiger partial charge in [0.05, 0.1) is 17.1 Å². The number of benzene rings is 3.